The average Bonchev–Trinajstić information content (AvgIpc) is 2.89. The molecule has 0 bridgehead atoms. The molecule has 2 fully saturated rings. The van der Waals surface area contributed by atoms with Crippen LogP contribution < -0.4 is 5.32 Å². The van der Waals surface area contributed by atoms with E-state index in [2.05, 4.69) is 39.9 Å². The van der Waals surface area contributed by atoms with Crippen molar-refractivity contribution in [2.75, 3.05) is 13.2 Å². The Labute approximate surface area is 132 Å². The third kappa shape index (κ3) is 4.96. The van der Waals surface area contributed by atoms with Crippen molar-refractivity contribution in [1.29, 1.82) is 0 Å². The van der Waals surface area contributed by atoms with Crippen molar-refractivity contribution in [1.82, 2.24) is 5.32 Å². The van der Waals surface area contributed by atoms with Crippen LogP contribution in [0, 0.1) is 16.7 Å². The van der Waals surface area contributed by atoms with Crippen LogP contribution in [0.2, 0.25) is 0 Å². The van der Waals surface area contributed by atoms with E-state index in [1.165, 1.54) is 51.5 Å². The molecule has 0 aromatic carbocycles. The summed E-state index contributed by atoms with van der Waals surface area (Å²) in [7, 11) is 0. The van der Waals surface area contributed by atoms with E-state index < -0.39 is 0 Å². The van der Waals surface area contributed by atoms with Gasteiger partial charge in [0, 0.05) is 19.2 Å². The van der Waals surface area contributed by atoms with Gasteiger partial charge in [-0.15, -0.1) is 0 Å². The highest BCUT2D eigenvalue weighted by Gasteiger charge is 2.40. The van der Waals surface area contributed by atoms with E-state index in [1.807, 2.05) is 0 Å². The van der Waals surface area contributed by atoms with Crippen molar-refractivity contribution in [3.05, 3.63) is 0 Å². The van der Waals surface area contributed by atoms with Crippen LogP contribution in [0.4, 0.5) is 0 Å². The number of nitrogens with one attached hydrogen (secondary N) is 1. The zero-order valence-electron chi connectivity index (χ0n) is 15.0. The van der Waals surface area contributed by atoms with Gasteiger partial charge in [0.1, 0.15) is 0 Å². The molecule has 1 N–H and O–H groups in total. The van der Waals surface area contributed by atoms with Crippen LogP contribution in [0.5, 0.6) is 0 Å². The Morgan fingerprint density at radius 3 is 2.29 bits per heavy atom. The molecule has 124 valence electrons. The van der Waals surface area contributed by atoms with Gasteiger partial charge < -0.3 is 10.1 Å². The average molecular weight is 296 g/mol. The van der Waals surface area contributed by atoms with E-state index in [9.17, 15) is 0 Å². The summed E-state index contributed by atoms with van der Waals surface area (Å²) in [6.45, 7) is 13.9. The normalized spacial score (nSPS) is 34.6. The molecule has 0 radical (unpaired) electrons. The van der Waals surface area contributed by atoms with Crippen molar-refractivity contribution in [2.45, 2.75) is 91.7 Å². The Morgan fingerprint density at radius 1 is 1.14 bits per heavy atom. The fraction of sp³-hybridized carbons (Fsp3) is 1.00. The second-order valence-corrected chi connectivity index (χ2v) is 9.02. The Kier molecular flexibility index (Phi) is 5.76. The Hall–Kier alpha value is -0.0800. The van der Waals surface area contributed by atoms with Crippen LogP contribution in [-0.4, -0.2) is 25.3 Å². The minimum Gasteiger partial charge on any atom is -0.378 e. The minimum atomic E-state index is 0.474. The molecule has 1 aliphatic carbocycles. The number of ether oxygens (including phenoxy) is 1. The second kappa shape index (κ2) is 7.00. The summed E-state index contributed by atoms with van der Waals surface area (Å²) in [6.07, 6.45) is 9.93. The summed E-state index contributed by atoms with van der Waals surface area (Å²) >= 11 is 0. The number of hydrogen-bond donors (Lipinski definition) is 1. The van der Waals surface area contributed by atoms with Gasteiger partial charge in [-0.3, -0.25) is 0 Å². The highest BCUT2D eigenvalue weighted by atomic mass is 16.5. The second-order valence-electron chi connectivity index (χ2n) is 9.02. The Balaban J connectivity index is 1.96. The predicted molar refractivity (Wildman–Crippen MR) is 90.6 cm³/mol. The Morgan fingerprint density at radius 2 is 1.81 bits per heavy atom. The molecule has 0 aromatic rings. The summed E-state index contributed by atoms with van der Waals surface area (Å²) in [5.41, 5.74) is 0.961. The minimum absolute atomic E-state index is 0.474. The van der Waals surface area contributed by atoms with E-state index in [0.717, 1.165) is 12.5 Å². The zero-order chi connectivity index (χ0) is 15.5. The van der Waals surface area contributed by atoms with Crippen molar-refractivity contribution >= 4 is 0 Å². The lowest BCUT2D eigenvalue weighted by atomic mass is 9.62. The summed E-state index contributed by atoms with van der Waals surface area (Å²) in [5.74, 6) is 0.897. The third-order valence-electron chi connectivity index (χ3n) is 5.84. The first kappa shape index (κ1) is 17.3. The fourth-order valence-corrected chi connectivity index (χ4v) is 4.26. The first-order valence-electron chi connectivity index (χ1n) is 9.16. The van der Waals surface area contributed by atoms with Crippen LogP contribution in [0.3, 0.4) is 0 Å². The van der Waals surface area contributed by atoms with Gasteiger partial charge in [-0.1, -0.05) is 34.6 Å². The van der Waals surface area contributed by atoms with Crippen molar-refractivity contribution in [3.63, 3.8) is 0 Å². The van der Waals surface area contributed by atoms with E-state index in [0.29, 0.717) is 23.0 Å². The van der Waals surface area contributed by atoms with Gasteiger partial charge in [0.15, 0.2) is 0 Å². The standard InChI is InChI=1S/C19H37NO/c1-15(2)20-14-19(13-17-7-6-12-21-17)10-8-16(9-11-19)18(3,4)5/h15-17,20H,6-14H2,1-5H3. The van der Waals surface area contributed by atoms with Gasteiger partial charge in [0.2, 0.25) is 0 Å². The highest BCUT2D eigenvalue weighted by molar-refractivity contribution is 4.93. The molecule has 1 unspecified atom stereocenters. The molecule has 1 atom stereocenters. The van der Waals surface area contributed by atoms with Gasteiger partial charge >= 0.3 is 0 Å². The molecular formula is C19H37NO. The molecule has 0 amide bonds. The van der Waals surface area contributed by atoms with E-state index in [1.54, 1.807) is 0 Å². The molecule has 0 spiro atoms. The van der Waals surface area contributed by atoms with Gasteiger partial charge in [-0.2, -0.15) is 0 Å². The van der Waals surface area contributed by atoms with Gasteiger partial charge in [-0.25, -0.2) is 0 Å². The topological polar surface area (TPSA) is 21.3 Å². The summed E-state index contributed by atoms with van der Waals surface area (Å²) in [6, 6.07) is 0.590. The summed E-state index contributed by atoms with van der Waals surface area (Å²) < 4.78 is 5.95. The molecule has 0 aromatic heterocycles. The molecule has 1 heterocycles. The summed E-state index contributed by atoms with van der Waals surface area (Å²) in [4.78, 5) is 0. The maximum absolute atomic E-state index is 5.95. The molecule has 1 saturated carbocycles. The lowest BCUT2D eigenvalue weighted by Crippen LogP contribution is -2.43. The zero-order valence-corrected chi connectivity index (χ0v) is 15.0. The van der Waals surface area contributed by atoms with Crippen LogP contribution in [0.15, 0.2) is 0 Å². The molecule has 21 heavy (non-hydrogen) atoms. The van der Waals surface area contributed by atoms with Crippen molar-refractivity contribution in [2.24, 2.45) is 16.7 Å². The lowest BCUT2D eigenvalue weighted by molar-refractivity contribution is 0.0194. The SMILES string of the molecule is CC(C)NCC1(CC2CCCO2)CCC(C(C)(C)C)CC1. The van der Waals surface area contributed by atoms with Crippen LogP contribution in [0.1, 0.15) is 79.6 Å². The fourth-order valence-electron chi connectivity index (χ4n) is 4.26. The highest BCUT2D eigenvalue weighted by Crippen LogP contribution is 2.48. The molecule has 1 aliphatic heterocycles. The van der Waals surface area contributed by atoms with Crippen LogP contribution in [0.25, 0.3) is 0 Å². The molecule has 1 saturated heterocycles. The first-order valence-corrected chi connectivity index (χ1v) is 9.16. The molecular weight excluding hydrogens is 258 g/mol. The maximum atomic E-state index is 5.95. The molecule has 2 rings (SSSR count). The predicted octanol–water partition coefficient (Wildman–Crippen LogP) is 4.78. The van der Waals surface area contributed by atoms with Crippen LogP contribution in [-0.2, 0) is 4.74 Å². The Bertz CT molecular complexity index is 304. The van der Waals surface area contributed by atoms with Gasteiger partial charge in [0.05, 0.1) is 6.10 Å². The first-order chi connectivity index (χ1) is 9.81. The quantitative estimate of drug-likeness (QED) is 0.788. The maximum Gasteiger partial charge on any atom is 0.0581 e. The van der Waals surface area contributed by atoms with Crippen molar-refractivity contribution in [3.8, 4) is 0 Å². The van der Waals surface area contributed by atoms with Crippen LogP contribution >= 0.6 is 0 Å². The van der Waals surface area contributed by atoms with E-state index >= 15 is 0 Å². The monoisotopic (exact) mass is 295 g/mol. The molecule has 2 nitrogen and oxygen atoms in total. The van der Waals surface area contributed by atoms with Gasteiger partial charge in [0.25, 0.3) is 0 Å². The molecule has 2 aliphatic rings. The van der Waals surface area contributed by atoms with E-state index in [-0.39, 0.29) is 0 Å². The lowest BCUT2D eigenvalue weighted by Gasteiger charge is -2.45. The number of rotatable bonds is 5. The van der Waals surface area contributed by atoms with E-state index in [4.69, 9.17) is 4.74 Å². The third-order valence-corrected chi connectivity index (χ3v) is 5.84. The van der Waals surface area contributed by atoms with Crippen molar-refractivity contribution < 1.29 is 4.74 Å². The summed E-state index contributed by atoms with van der Waals surface area (Å²) in [5, 5.41) is 3.73. The smallest absolute Gasteiger partial charge is 0.0581 e. The largest absolute Gasteiger partial charge is 0.378 e. The number of hydrogen-bond acceptors (Lipinski definition) is 2. The molecule has 2 heteroatoms. The van der Waals surface area contributed by atoms with Gasteiger partial charge in [-0.05, 0) is 61.7 Å².